The van der Waals surface area contributed by atoms with Gasteiger partial charge in [0.05, 0.1) is 6.10 Å². The Hall–Kier alpha value is -0.450. The number of hydrogen-bond acceptors (Lipinski definition) is 2. The summed E-state index contributed by atoms with van der Waals surface area (Å²) in [6, 6.07) is 4.43. The van der Waals surface area contributed by atoms with Gasteiger partial charge in [-0.2, -0.15) is 0 Å². The molecule has 1 aliphatic heterocycles. The Kier molecular flexibility index (Phi) is 4.54. The van der Waals surface area contributed by atoms with E-state index < -0.39 is 6.10 Å². The number of rotatable bonds is 4. The standard InChI is InChI=1S/C13H17BrFNO/c14-12-9-10(15)3-4-11(12)13(17)5-8-16-6-1-2-7-16/h3-4,9,13,17H,1-2,5-8H2. The summed E-state index contributed by atoms with van der Waals surface area (Å²) < 4.78 is 13.6. The molecule has 4 heteroatoms. The second kappa shape index (κ2) is 5.94. The molecule has 1 N–H and O–H groups in total. The van der Waals surface area contributed by atoms with Crippen LogP contribution in [0.5, 0.6) is 0 Å². The number of nitrogens with zero attached hydrogens (tertiary/aromatic N) is 1. The molecule has 0 radical (unpaired) electrons. The van der Waals surface area contributed by atoms with E-state index in [1.54, 1.807) is 6.07 Å². The van der Waals surface area contributed by atoms with Crippen molar-refractivity contribution in [1.82, 2.24) is 4.90 Å². The summed E-state index contributed by atoms with van der Waals surface area (Å²) in [5.74, 6) is -0.285. The van der Waals surface area contributed by atoms with Gasteiger partial charge in [-0.1, -0.05) is 22.0 Å². The highest BCUT2D eigenvalue weighted by molar-refractivity contribution is 9.10. The van der Waals surface area contributed by atoms with Crippen LogP contribution in [0.15, 0.2) is 22.7 Å². The molecule has 1 aromatic carbocycles. The molecule has 1 unspecified atom stereocenters. The van der Waals surface area contributed by atoms with Gasteiger partial charge in [-0.15, -0.1) is 0 Å². The predicted molar refractivity (Wildman–Crippen MR) is 69.4 cm³/mol. The average Bonchev–Trinajstić information content (AvgIpc) is 2.78. The van der Waals surface area contributed by atoms with Crippen LogP contribution in [0, 0.1) is 5.82 Å². The summed E-state index contributed by atoms with van der Waals surface area (Å²) >= 11 is 3.29. The summed E-state index contributed by atoms with van der Waals surface area (Å²) in [5.41, 5.74) is 0.769. The van der Waals surface area contributed by atoms with Gasteiger partial charge in [0.1, 0.15) is 5.82 Å². The molecule has 1 saturated heterocycles. The van der Waals surface area contributed by atoms with Gasteiger partial charge >= 0.3 is 0 Å². The topological polar surface area (TPSA) is 23.5 Å². The van der Waals surface area contributed by atoms with Crippen LogP contribution >= 0.6 is 15.9 Å². The lowest BCUT2D eigenvalue weighted by molar-refractivity contribution is 0.148. The van der Waals surface area contributed by atoms with E-state index in [2.05, 4.69) is 20.8 Å². The van der Waals surface area contributed by atoms with Gasteiger partial charge in [0.15, 0.2) is 0 Å². The van der Waals surface area contributed by atoms with Gasteiger partial charge in [-0.25, -0.2) is 4.39 Å². The van der Waals surface area contributed by atoms with Crippen LogP contribution in [-0.4, -0.2) is 29.6 Å². The van der Waals surface area contributed by atoms with Crippen LogP contribution in [0.4, 0.5) is 4.39 Å². The van der Waals surface area contributed by atoms with E-state index in [4.69, 9.17) is 0 Å². The van der Waals surface area contributed by atoms with Crippen molar-refractivity contribution in [3.63, 3.8) is 0 Å². The van der Waals surface area contributed by atoms with Crippen molar-refractivity contribution < 1.29 is 9.50 Å². The van der Waals surface area contributed by atoms with Crippen molar-refractivity contribution in [2.75, 3.05) is 19.6 Å². The Morgan fingerprint density at radius 1 is 1.35 bits per heavy atom. The first-order valence-electron chi connectivity index (χ1n) is 6.02. The molecule has 1 atom stereocenters. The Bertz CT molecular complexity index is 380. The van der Waals surface area contributed by atoms with E-state index in [-0.39, 0.29) is 5.82 Å². The number of aliphatic hydroxyl groups excluding tert-OH is 1. The number of hydrogen-bond donors (Lipinski definition) is 1. The van der Waals surface area contributed by atoms with Crippen LogP contribution in [0.3, 0.4) is 0 Å². The average molecular weight is 302 g/mol. The summed E-state index contributed by atoms with van der Waals surface area (Å²) in [6.45, 7) is 3.18. The molecule has 1 heterocycles. The van der Waals surface area contributed by atoms with Crippen molar-refractivity contribution in [1.29, 1.82) is 0 Å². The van der Waals surface area contributed by atoms with Gasteiger partial charge < -0.3 is 10.0 Å². The Morgan fingerprint density at radius 2 is 2.06 bits per heavy atom. The molecular weight excluding hydrogens is 285 g/mol. The number of likely N-dealkylation sites (tertiary alicyclic amines) is 1. The monoisotopic (exact) mass is 301 g/mol. The van der Waals surface area contributed by atoms with E-state index in [1.165, 1.54) is 25.0 Å². The first-order valence-corrected chi connectivity index (χ1v) is 6.81. The second-order valence-corrected chi connectivity index (χ2v) is 5.37. The molecule has 2 nitrogen and oxygen atoms in total. The highest BCUT2D eigenvalue weighted by atomic mass is 79.9. The van der Waals surface area contributed by atoms with Crippen LogP contribution in [-0.2, 0) is 0 Å². The first kappa shape index (κ1) is 13.0. The van der Waals surface area contributed by atoms with Gasteiger partial charge in [-0.05, 0) is 50.0 Å². The Labute approximate surface area is 110 Å². The van der Waals surface area contributed by atoms with Gasteiger partial charge in [0, 0.05) is 11.0 Å². The molecule has 2 rings (SSSR count). The van der Waals surface area contributed by atoms with E-state index >= 15 is 0 Å². The second-order valence-electron chi connectivity index (χ2n) is 4.52. The minimum absolute atomic E-state index is 0.285. The Morgan fingerprint density at radius 3 is 2.71 bits per heavy atom. The molecule has 1 fully saturated rings. The molecule has 0 amide bonds. The third kappa shape index (κ3) is 3.50. The molecule has 0 aromatic heterocycles. The maximum atomic E-state index is 12.9. The van der Waals surface area contributed by atoms with Crippen molar-refractivity contribution in [2.24, 2.45) is 0 Å². The largest absolute Gasteiger partial charge is 0.388 e. The fourth-order valence-electron chi connectivity index (χ4n) is 2.24. The fourth-order valence-corrected chi connectivity index (χ4v) is 2.85. The zero-order valence-electron chi connectivity index (χ0n) is 9.70. The van der Waals surface area contributed by atoms with Gasteiger partial charge in [0.2, 0.25) is 0 Å². The molecule has 1 aromatic rings. The maximum Gasteiger partial charge on any atom is 0.124 e. The zero-order chi connectivity index (χ0) is 12.3. The smallest absolute Gasteiger partial charge is 0.124 e. The van der Waals surface area contributed by atoms with E-state index in [0.717, 1.165) is 25.2 Å². The van der Waals surface area contributed by atoms with Crippen LogP contribution in [0.25, 0.3) is 0 Å². The summed E-state index contributed by atoms with van der Waals surface area (Å²) in [7, 11) is 0. The van der Waals surface area contributed by atoms with Crippen LogP contribution in [0.1, 0.15) is 30.9 Å². The van der Waals surface area contributed by atoms with E-state index in [9.17, 15) is 9.50 Å². The Balaban J connectivity index is 1.91. The van der Waals surface area contributed by atoms with Crippen LogP contribution < -0.4 is 0 Å². The lowest BCUT2D eigenvalue weighted by Gasteiger charge is -2.18. The lowest BCUT2D eigenvalue weighted by atomic mass is 10.1. The molecule has 0 saturated carbocycles. The van der Waals surface area contributed by atoms with Gasteiger partial charge in [0.25, 0.3) is 0 Å². The highest BCUT2D eigenvalue weighted by Crippen LogP contribution is 2.26. The number of aliphatic hydroxyl groups is 1. The zero-order valence-corrected chi connectivity index (χ0v) is 11.3. The summed E-state index contributed by atoms with van der Waals surface area (Å²) in [4.78, 5) is 2.36. The maximum absolute atomic E-state index is 12.9. The SMILES string of the molecule is OC(CCN1CCCC1)c1ccc(F)cc1Br. The molecular formula is C13H17BrFNO. The third-order valence-corrected chi connectivity index (χ3v) is 3.93. The first-order chi connectivity index (χ1) is 8.16. The summed E-state index contributed by atoms with van der Waals surface area (Å²) in [6.07, 6.45) is 2.70. The highest BCUT2D eigenvalue weighted by Gasteiger charge is 2.16. The predicted octanol–water partition coefficient (Wildman–Crippen LogP) is 3.11. The third-order valence-electron chi connectivity index (χ3n) is 3.24. The molecule has 17 heavy (non-hydrogen) atoms. The quantitative estimate of drug-likeness (QED) is 0.924. The molecule has 0 spiro atoms. The van der Waals surface area contributed by atoms with E-state index in [0.29, 0.717) is 10.9 Å². The normalized spacial score (nSPS) is 18.5. The molecule has 0 bridgehead atoms. The number of halogens is 2. The fraction of sp³-hybridized carbons (Fsp3) is 0.538. The van der Waals surface area contributed by atoms with Crippen molar-refractivity contribution >= 4 is 15.9 Å². The van der Waals surface area contributed by atoms with E-state index in [1.807, 2.05) is 0 Å². The van der Waals surface area contributed by atoms with Crippen molar-refractivity contribution in [3.8, 4) is 0 Å². The van der Waals surface area contributed by atoms with Crippen molar-refractivity contribution in [3.05, 3.63) is 34.1 Å². The summed E-state index contributed by atoms with van der Waals surface area (Å²) in [5, 5.41) is 10.1. The van der Waals surface area contributed by atoms with Crippen LogP contribution in [0.2, 0.25) is 0 Å². The van der Waals surface area contributed by atoms with Crippen molar-refractivity contribution in [2.45, 2.75) is 25.4 Å². The molecule has 94 valence electrons. The molecule has 1 aliphatic rings. The minimum atomic E-state index is -0.523. The van der Waals surface area contributed by atoms with Gasteiger partial charge in [-0.3, -0.25) is 0 Å². The lowest BCUT2D eigenvalue weighted by Crippen LogP contribution is -2.22. The molecule has 0 aliphatic carbocycles. The number of benzene rings is 1. The minimum Gasteiger partial charge on any atom is -0.388 e.